The number of nitrogens with one attached hydrogen (secondary N) is 1. The Morgan fingerprint density at radius 2 is 2.00 bits per heavy atom. The molecule has 3 heteroatoms. The molecule has 108 valence electrons. The van der Waals surface area contributed by atoms with Crippen molar-refractivity contribution in [3.05, 3.63) is 41.2 Å². The minimum Gasteiger partial charge on any atom is -0.313 e. The lowest BCUT2D eigenvalue weighted by Gasteiger charge is -2.09. The van der Waals surface area contributed by atoms with Crippen LogP contribution in [0.1, 0.15) is 37.1 Å². The van der Waals surface area contributed by atoms with Crippen molar-refractivity contribution < 1.29 is 0 Å². The largest absolute Gasteiger partial charge is 0.313 e. The highest BCUT2D eigenvalue weighted by atomic mass is 15.2. The normalized spacial score (nSPS) is 11.0. The lowest BCUT2D eigenvalue weighted by atomic mass is 9.97. The number of aromatic nitrogens is 2. The summed E-state index contributed by atoms with van der Waals surface area (Å²) in [5.41, 5.74) is 6.40. The Labute approximate surface area is 122 Å². The maximum absolute atomic E-state index is 4.55. The molecule has 1 aromatic carbocycles. The van der Waals surface area contributed by atoms with Crippen LogP contribution >= 0.6 is 0 Å². The molecule has 0 fully saturated rings. The highest BCUT2D eigenvalue weighted by Gasteiger charge is 2.11. The maximum atomic E-state index is 4.55. The standard InChI is InChI=1S/C17H25N3/c1-5-9-18-11-14-8-7-13(3)15(10-14)16-12-20(4)19-17(16)6-2/h7-8,10,12,18H,5-6,9,11H2,1-4H3. The Hall–Kier alpha value is -1.61. The van der Waals surface area contributed by atoms with Gasteiger partial charge in [0.2, 0.25) is 0 Å². The van der Waals surface area contributed by atoms with Gasteiger partial charge in [0, 0.05) is 25.4 Å². The summed E-state index contributed by atoms with van der Waals surface area (Å²) < 4.78 is 1.91. The van der Waals surface area contributed by atoms with Crippen LogP contribution < -0.4 is 5.32 Å². The Morgan fingerprint density at radius 3 is 2.70 bits per heavy atom. The fourth-order valence-corrected chi connectivity index (χ4v) is 2.50. The summed E-state index contributed by atoms with van der Waals surface area (Å²) in [7, 11) is 1.99. The molecule has 0 saturated carbocycles. The van der Waals surface area contributed by atoms with E-state index in [1.807, 2.05) is 11.7 Å². The first-order valence-electron chi connectivity index (χ1n) is 7.48. The second kappa shape index (κ2) is 6.71. The fourth-order valence-electron chi connectivity index (χ4n) is 2.50. The predicted molar refractivity (Wildman–Crippen MR) is 84.8 cm³/mol. The molecule has 0 atom stereocenters. The van der Waals surface area contributed by atoms with Gasteiger partial charge in [-0.3, -0.25) is 4.68 Å². The molecule has 0 amide bonds. The van der Waals surface area contributed by atoms with Crippen LogP contribution in [0.5, 0.6) is 0 Å². The first-order chi connectivity index (χ1) is 9.65. The van der Waals surface area contributed by atoms with E-state index in [1.165, 1.54) is 34.4 Å². The molecule has 0 saturated heterocycles. The van der Waals surface area contributed by atoms with Gasteiger partial charge in [-0.2, -0.15) is 5.10 Å². The van der Waals surface area contributed by atoms with Gasteiger partial charge < -0.3 is 5.32 Å². The molecule has 0 unspecified atom stereocenters. The van der Waals surface area contributed by atoms with Crippen LogP contribution in [0.15, 0.2) is 24.4 Å². The van der Waals surface area contributed by atoms with Crippen molar-refractivity contribution in [3.8, 4) is 11.1 Å². The van der Waals surface area contributed by atoms with E-state index in [0.717, 1.165) is 19.5 Å². The second-order valence-electron chi connectivity index (χ2n) is 5.34. The number of hydrogen-bond acceptors (Lipinski definition) is 2. The molecule has 0 spiro atoms. The van der Waals surface area contributed by atoms with E-state index < -0.39 is 0 Å². The van der Waals surface area contributed by atoms with Crippen molar-refractivity contribution >= 4 is 0 Å². The van der Waals surface area contributed by atoms with E-state index in [9.17, 15) is 0 Å². The summed E-state index contributed by atoms with van der Waals surface area (Å²) in [5.74, 6) is 0. The molecule has 0 bridgehead atoms. The first kappa shape index (κ1) is 14.8. The third-order valence-electron chi connectivity index (χ3n) is 3.59. The topological polar surface area (TPSA) is 29.9 Å². The van der Waals surface area contributed by atoms with Gasteiger partial charge in [-0.05, 0) is 49.1 Å². The summed E-state index contributed by atoms with van der Waals surface area (Å²) in [6.07, 6.45) is 4.26. The molecule has 20 heavy (non-hydrogen) atoms. The molecule has 0 aliphatic carbocycles. The molecular weight excluding hydrogens is 246 g/mol. The minimum absolute atomic E-state index is 0.933. The van der Waals surface area contributed by atoms with Crippen LogP contribution in [-0.2, 0) is 20.0 Å². The molecular formula is C17H25N3. The van der Waals surface area contributed by atoms with Crippen LogP contribution in [0.3, 0.4) is 0 Å². The lowest BCUT2D eigenvalue weighted by Crippen LogP contribution is -2.13. The lowest BCUT2D eigenvalue weighted by molar-refractivity contribution is 0.675. The number of rotatable bonds is 6. The second-order valence-corrected chi connectivity index (χ2v) is 5.34. The average Bonchev–Trinajstić information content (AvgIpc) is 2.82. The average molecular weight is 271 g/mol. The molecule has 2 rings (SSSR count). The Kier molecular flexibility index (Phi) is 4.96. The van der Waals surface area contributed by atoms with Gasteiger partial charge in [-0.1, -0.05) is 26.0 Å². The summed E-state index contributed by atoms with van der Waals surface area (Å²) in [6.45, 7) is 8.52. The maximum Gasteiger partial charge on any atom is 0.0700 e. The Balaban J connectivity index is 2.32. The third-order valence-corrected chi connectivity index (χ3v) is 3.59. The van der Waals surface area contributed by atoms with E-state index in [0.29, 0.717) is 0 Å². The van der Waals surface area contributed by atoms with Gasteiger partial charge in [0.1, 0.15) is 0 Å². The molecule has 0 aliphatic rings. The summed E-state index contributed by atoms with van der Waals surface area (Å²) in [5, 5.41) is 8.02. The summed E-state index contributed by atoms with van der Waals surface area (Å²) in [6, 6.07) is 6.72. The number of aryl methyl sites for hydroxylation is 3. The molecule has 3 nitrogen and oxygen atoms in total. The number of nitrogens with zero attached hydrogens (tertiary/aromatic N) is 2. The SMILES string of the molecule is CCCNCc1ccc(C)c(-c2cn(C)nc2CC)c1. The zero-order valence-corrected chi connectivity index (χ0v) is 13.0. The quantitative estimate of drug-likeness (QED) is 0.815. The van der Waals surface area contributed by atoms with E-state index in [1.54, 1.807) is 0 Å². The zero-order chi connectivity index (χ0) is 14.5. The van der Waals surface area contributed by atoms with Crippen LogP contribution in [0.25, 0.3) is 11.1 Å². The van der Waals surface area contributed by atoms with Crippen molar-refractivity contribution in [1.82, 2.24) is 15.1 Å². The van der Waals surface area contributed by atoms with Crippen molar-refractivity contribution in [2.45, 2.75) is 40.2 Å². The zero-order valence-electron chi connectivity index (χ0n) is 13.0. The molecule has 1 N–H and O–H groups in total. The summed E-state index contributed by atoms with van der Waals surface area (Å²) in [4.78, 5) is 0. The molecule has 0 aliphatic heterocycles. The predicted octanol–water partition coefficient (Wildman–Crippen LogP) is 3.46. The van der Waals surface area contributed by atoms with Crippen LogP contribution in [0.4, 0.5) is 0 Å². The van der Waals surface area contributed by atoms with Gasteiger partial charge >= 0.3 is 0 Å². The monoisotopic (exact) mass is 271 g/mol. The van der Waals surface area contributed by atoms with Gasteiger partial charge in [-0.25, -0.2) is 0 Å². The minimum atomic E-state index is 0.933. The van der Waals surface area contributed by atoms with Crippen LogP contribution in [0.2, 0.25) is 0 Å². The van der Waals surface area contributed by atoms with Gasteiger partial charge in [-0.15, -0.1) is 0 Å². The smallest absolute Gasteiger partial charge is 0.0700 e. The molecule has 2 aromatic rings. The molecule has 1 aromatic heterocycles. The van der Waals surface area contributed by atoms with E-state index in [2.05, 4.69) is 55.6 Å². The van der Waals surface area contributed by atoms with Gasteiger partial charge in [0.25, 0.3) is 0 Å². The molecule has 0 radical (unpaired) electrons. The highest BCUT2D eigenvalue weighted by molar-refractivity contribution is 5.69. The Morgan fingerprint density at radius 1 is 1.20 bits per heavy atom. The van der Waals surface area contributed by atoms with Crippen LogP contribution in [0, 0.1) is 6.92 Å². The van der Waals surface area contributed by atoms with Crippen LogP contribution in [-0.4, -0.2) is 16.3 Å². The highest BCUT2D eigenvalue weighted by Crippen LogP contribution is 2.27. The molecule has 1 heterocycles. The third kappa shape index (κ3) is 3.28. The van der Waals surface area contributed by atoms with Gasteiger partial charge in [0.05, 0.1) is 5.69 Å². The number of hydrogen-bond donors (Lipinski definition) is 1. The fraction of sp³-hybridized carbons (Fsp3) is 0.471. The Bertz CT molecular complexity index is 570. The van der Waals surface area contributed by atoms with Crippen molar-refractivity contribution in [3.63, 3.8) is 0 Å². The number of benzene rings is 1. The van der Waals surface area contributed by atoms with E-state index in [-0.39, 0.29) is 0 Å². The van der Waals surface area contributed by atoms with E-state index in [4.69, 9.17) is 0 Å². The van der Waals surface area contributed by atoms with Crippen molar-refractivity contribution in [2.75, 3.05) is 6.54 Å². The van der Waals surface area contributed by atoms with E-state index >= 15 is 0 Å². The first-order valence-corrected chi connectivity index (χ1v) is 7.48. The van der Waals surface area contributed by atoms with Gasteiger partial charge in [0.15, 0.2) is 0 Å². The summed E-state index contributed by atoms with van der Waals surface area (Å²) >= 11 is 0. The van der Waals surface area contributed by atoms with Crippen molar-refractivity contribution in [2.24, 2.45) is 7.05 Å². The van der Waals surface area contributed by atoms with Crippen molar-refractivity contribution in [1.29, 1.82) is 0 Å².